The third-order valence-electron chi connectivity index (χ3n) is 5.61. The lowest BCUT2D eigenvalue weighted by molar-refractivity contribution is -0.122. The summed E-state index contributed by atoms with van der Waals surface area (Å²) in [6.45, 7) is 2.06. The van der Waals surface area contributed by atoms with Crippen LogP contribution in [0.1, 0.15) is 36.5 Å². The zero-order chi connectivity index (χ0) is 19.6. The van der Waals surface area contributed by atoms with Crippen molar-refractivity contribution in [2.45, 2.75) is 25.4 Å². The van der Waals surface area contributed by atoms with Crippen LogP contribution >= 0.6 is 0 Å². The maximum atomic E-state index is 13.7. The van der Waals surface area contributed by atoms with Gasteiger partial charge in [0.2, 0.25) is 0 Å². The highest BCUT2D eigenvalue weighted by molar-refractivity contribution is 6.33. The predicted molar refractivity (Wildman–Crippen MR) is 113 cm³/mol. The molecule has 1 aliphatic carbocycles. The molecule has 0 bridgehead atoms. The van der Waals surface area contributed by atoms with Crippen LogP contribution in [0.5, 0.6) is 0 Å². The Labute approximate surface area is 166 Å². The van der Waals surface area contributed by atoms with Crippen molar-refractivity contribution in [3.05, 3.63) is 108 Å². The van der Waals surface area contributed by atoms with Gasteiger partial charge in [-0.3, -0.25) is 4.79 Å². The molecule has 0 spiro atoms. The molecule has 0 aliphatic heterocycles. The van der Waals surface area contributed by atoms with E-state index in [2.05, 4.69) is 6.92 Å². The second-order valence-corrected chi connectivity index (χ2v) is 7.32. The van der Waals surface area contributed by atoms with Gasteiger partial charge < -0.3 is 5.11 Å². The number of allylic oxidation sites excluding steroid dienone is 1. The van der Waals surface area contributed by atoms with Gasteiger partial charge in [-0.1, -0.05) is 104 Å². The van der Waals surface area contributed by atoms with Gasteiger partial charge in [0, 0.05) is 11.1 Å². The van der Waals surface area contributed by atoms with Crippen LogP contribution < -0.4 is 0 Å². The molecule has 0 radical (unpaired) electrons. The maximum absolute atomic E-state index is 13.7. The summed E-state index contributed by atoms with van der Waals surface area (Å²) >= 11 is 0. The predicted octanol–water partition coefficient (Wildman–Crippen LogP) is 5.48. The minimum atomic E-state index is -1.35. The average molecular weight is 368 g/mol. The molecule has 0 saturated carbocycles. The largest absolute Gasteiger partial charge is 0.380 e. The first-order valence-electron chi connectivity index (χ1n) is 9.85. The van der Waals surface area contributed by atoms with E-state index in [1.54, 1.807) is 0 Å². The quantitative estimate of drug-likeness (QED) is 0.647. The maximum Gasteiger partial charge on any atom is 0.170 e. The number of ketones is 1. The lowest BCUT2D eigenvalue weighted by Crippen LogP contribution is -2.35. The highest BCUT2D eigenvalue weighted by Crippen LogP contribution is 2.54. The van der Waals surface area contributed by atoms with E-state index >= 15 is 0 Å². The van der Waals surface area contributed by atoms with Crippen molar-refractivity contribution >= 4 is 16.9 Å². The van der Waals surface area contributed by atoms with Gasteiger partial charge in [-0.2, -0.15) is 0 Å². The molecule has 0 fully saturated rings. The van der Waals surface area contributed by atoms with Crippen LogP contribution in [-0.2, 0) is 10.4 Å². The van der Waals surface area contributed by atoms with Crippen molar-refractivity contribution in [1.82, 2.24) is 0 Å². The van der Waals surface area contributed by atoms with Crippen molar-refractivity contribution in [3.63, 3.8) is 0 Å². The van der Waals surface area contributed by atoms with Crippen molar-refractivity contribution in [1.29, 1.82) is 0 Å². The summed E-state index contributed by atoms with van der Waals surface area (Å²) in [5.74, 6) is -0.469. The van der Waals surface area contributed by atoms with Crippen LogP contribution in [0.15, 0.2) is 91.0 Å². The van der Waals surface area contributed by atoms with Gasteiger partial charge in [0.15, 0.2) is 5.78 Å². The molecule has 0 heterocycles. The Morgan fingerprint density at radius 3 is 1.82 bits per heavy atom. The van der Waals surface area contributed by atoms with E-state index < -0.39 is 11.5 Å². The number of aliphatic hydroxyl groups is 1. The first-order chi connectivity index (χ1) is 13.7. The lowest BCUT2D eigenvalue weighted by atomic mass is 9.75. The van der Waals surface area contributed by atoms with Gasteiger partial charge in [0.1, 0.15) is 5.60 Å². The minimum absolute atomic E-state index is 0.0262. The number of rotatable bonds is 5. The van der Waals surface area contributed by atoms with Gasteiger partial charge in [0.05, 0.1) is 5.92 Å². The summed E-state index contributed by atoms with van der Waals surface area (Å²) in [5, 5.41) is 12.2. The van der Waals surface area contributed by atoms with E-state index in [-0.39, 0.29) is 5.78 Å². The summed E-state index contributed by atoms with van der Waals surface area (Å²) in [7, 11) is 0. The van der Waals surface area contributed by atoms with Crippen molar-refractivity contribution in [2.24, 2.45) is 5.92 Å². The van der Waals surface area contributed by atoms with E-state index in [0.717, 1.165) is 23.1 Å². The molecular weight excluding hydrogens is 344 g/mol. The Morgan fingerprint density at radius 2 is 1.29 bits per heavy atom. The number of carbonyl (C=O) groups is 1. The Kier molecular flexibility index (Phi) is 4.97. The molecule has 3 aromatic rings. The van der Waals surface area contributed by atoms with Gasteiger partial charge in [-0.15, -0.1) is 0 Å². The smallest absolute Gasteiger partial charge is 0.170 e. The van der Waals surface area contributed by atoms with Crippen LogP contribution in [-0.4, -0.2) is 10.9 Å². The van der Waals surface area contributed by atoms with E-state index in [9.17, 15) is 9.90 Å². The van der Waals surface area contributed by atoms with E-state index in [0.29, 0.717) is 17.6 Å². The molecule has 2 heteroatoms. The molecule has 0 aromatic heterocycles. The standard InChI is InChI=1S/C26H24O2/c1-2-12-22-25(27)23(19-13-6-3-7-14-19)24(20-15-8-4-9-16-20)26(22,28)21-17-10-5-11-18-21/h3-11,13-18,22,28H,2,12H2,1H3/t22-,26+/m1/s1. The number of hydrogen-bond acceptors (Lipinski definition) is 2. The Morgan fingerprint density at radius 1 is 0.786 bits per heavy atom. The topological polar surface area (TPSA) is 37.3 Å². The minimum Gasteiger partial charge on any atom is -0.380 e. The van der Waals surface area contributed by atoms with Gasteiger partial charge in [-0.05, 0) is 23.1 Å². The SMILES string of the molecule is CCC[C@@H]1C(=O)C(c2ccccc2)=C(c2ccccc2)[C@]1(O)c1ccccc1. The first-order valence-corrected chi connectivity index (χ1v) is 9.85. The summed E-state index contributed by atoms with van der Waals surface area (Å²) < 4.78 is 0. The number of Topliss-reactive ketones (excluding diaryl/α,β-unsaturated/α-hetero) is 1. The van der Waals surface area contributed by atoms with Crippen LogP contribution in [0, 0.1) is 5.92 Å². The fraction of sp³-hybridized carbons (Fsp3) is 0.192. The van der Waals surface area contributed by atoms with Crippen molar-refractivity contribution in [2.75, 3.05) is 0 Å². The Balaban J connectivity index is 2.05. The van der Waals surface area contributed by atoms with Crippen LogP contribution in [0.2, 0.25) is 0 Å². The Hall–Kier alpha value is -2.97. The molecule has 0 saturated heterocycles. The van der Waals surface area contributed by atoms with E-state index in [4.69, 9.17) is 0 Å². The summed E-state index contributed by atoms with van der Waals surface area (Å²) in [5.41, 5.74) is 2.53. The molecule has 4 rings (SSSR count). The molecule has 28 heavy (non-hydrogen) atoms. The third kappa shape index (κ3) is 2.90. The van der Waals surface area contributed by atoms with E-state index in [1.807, 2.05) is 91.0 Å². The molecule has 2 atom stereocenters. The fourth-order valence-electron chi connectivity index (χ4n) is 4.38. The molecule has 0 unspecified atom stereocenters. The summed E-state index contributed by atoms with van der Waals surface area (Å²) in [4.78, 5) is 13.7. The average Bonchev–Trinajstić information content (AvgIpc) is 2.98. The third-order valence-corrected chi connectivity index (χ3v) is 5.61. The van der Waals surface area contributed by atoms with Crippen LogP contribution in [0.3, 0.4) is 0 Å². The van der Waals surface area contributed by atoms with Crippen LogP contribution in [0.4, 0.5) is 0 Å². The second-order valence-electron chi connectivity index (χ2n) is 7.32. The van der Waals surface area contributed by atoms with E-state index in [1.165, 1.54) is 0 Å². The van der Waals surface area contributed by atoms with Gasteiger partial charge in [0.25, 0.3) is 0 Å². The van der Waals surface area contributed by atoms with Crippen molar-refractivity contribution in [3.8, 4) is 0 Å². The molecule has 2 nitrogen and oxygen atoms in total. The first kappa shape index (κ1) is 18.4. The van der Waals surface area contributed by atoms with Gasteiger partial charge in [-0.25, -0.2) is 0 Å². The molecule has 0 amide bonds. The zero-order valence-corrected chi connectivity index (χ0v) is 16.0. The number of carbonyl (C=O) groups excluding carboxylic acids is 1. The van der Waals surface area contributed by atoms with Crippen molar-refractivity contribution < 1.29 is 9.90 Å². The highest BCUT2D eigenvalue weighted by Gasteiger charge is 2.53. The Bertz CT molecular complexity index is 990. The fourth-order valence-corrected chi connectivity index (χ4v) is 4.38. The number of hydrogen-bond donors (Lipinski definition) is 1. The summed E-state index contributed by atoms with van der Waals surface area (Å²) in [6.07, 6.45) is 1.46. The molecule has 140 valence electrons. The van der Waals surface area contributed by atoms with Gasteiger partial charge >= 0.3 is 0 Å². The normalized spacial score (nSPS) is 21.9. The van der Waals surface area contributed by atoms with Crippen LogP contribution in [0.25, 0.3) is 11.1 Å². The zero-order valence-electron chi connectivity index (χ0n) is 16.0. The lowest BCUT2D eigenvalue weighted by Gasteiger charge is -2.33. The number of benzene rings is 3. The molecule has 3 aromatic carbocycles. The molecule has 1 N–H and O–H groups in total. The summed E-state index contributed by atoms with van der Waals surface area (Å²) in [6, 6.07) is 29.2. The monoisotopic (exact) mass is 368 g/mol. The molecular formula is C26H24O2. The highest BCUT2D eigenvalue weighted by atomic mass is 16.3. The second kappa shape index (κ2) is 7.57. The molecule has 1 aliphatic rings.